The van der Waals surface area contributed by atoms with Gasteiger partial charge in [0.25, 0.3) is 0 Å². The molecule has 12 heavy (non-hydrogen) atoms. The summed E-state index contributed by atoms with van der Waals surface area (Å²) in [6.45, 7) is 3.64. The number of hydrogen-bond donors (Lipinski definition) is 0. The number of Topliss-reactive ketones (excluding diaryl/α,β-unsaturated/α-hetero) is 1. The Hall–Kier alpha value is -0.630. The van der Waals surface area contributed by atoms with Gasteiger partial charge in [-0.2, -0.15) is 0 Å². The SMILES string of the molecule is [CH2]CCC(=O)c1ccc(Br)cc1. The number of carbonyl (C=O) groups excluding carboxylic acids is 1. The Morgan fingerprint density at radius 3 is 2.42 bits per heavy atom. The van der Waals surface area contributed by atoms with Crippen molar-refractivity contribution < 1.29 is 4.79 Å². The molecule has 0 heterocycles. The largest absolute Gasteiger partial charge is 0.294 e. The van der Waals surface area contributed by atoms with E-state index in [4.69, 9.17) is 0 Å². The van der Waals surface area contributed by atoms with E-state index in [1.807, 2.05) is 24.3 Å². The maximum atomic E-state index is 11.3. The predicted octanol–water partition coefficient (Wildman–Crippen LogP) is 3.25. The highest BCUT2D eigenvalue weighted by atomic mass is 79.9. The Morgan fingerprint density at radius 2 is 1.92 bits per heavy atom. The molecule has 0 saturated heterocycles. The molecular weight excluding hydrogens is 216 g/mol. The van der Waals surface area contributed by atoms with E-state index >= 15 is 0 Å². The first-order valence-corrected chi connectivity index (χ1v) is 4.61. The molecule has 0 aliphatic heterocycles. The fourth-order valence-corrected chi connectivity index (χ4v) is 1.21. The molecule has 1 nitrogen and oxygen atoms in total. The van der Waals surface area contributed by atoms with E-state index in [-0.39, 0.29) is 5.78 Å². The summed E-state index contributed by atoms with van der Waals surface area (Å²) in [7, 11) is 0. The van der Waals surface area contributed by atoms with Crippen molar-refractivity contribution >= 4 is 21.7 Å². The van der Waals surface area contributed by atoms with E-state index in [0.717, 1.165) is 10.0 Å². The van der Waals surface area contributed by atoms with Crippen LogP contribution in [-0.2, 0) is 0 Å². The number of benzene rings is 1. The van der Waals surface area contributed by atoms with Gasteiger partial charge in [-0.3, -0.25) is 4.79 Å². The van der Waals surface area contributed by atoms with Crippen LogP contribution in [0, 0.1) is 6.92 Å². The summed E-state index contributed by atoms with van der Waals surface area (Å²) in [5.74, 6) is 0.164. The van der Waals surface area contributed by atoms with Crippen LogP contribution in [0.3, 0.4) is 0 Å². The van der Waals surface area contributed by atoms with Crippen LogP contribution in [0.4, 0.5) is 0 Å². The quantitative estimate of drug-likeness (QED) is 0.723. The van der Waals surface area contributed by atoms with Crippen molar-refractivity contribution in [3.8, 4) is 0 Å². The molecule has 0 aromatic heterocycles. The van der Waals surface area contributed by atoms with E-state index < -0.39 is 0 Å². The third-order valence-electron chi connectivity index (χ3n) is 1.57. The van der Waals surface area contributed by atoms with E-state index in [9.17, 15) is 4.79 Å². The maximum absolute atomic E-state index is 11.3. The van der Waals surface area contributed by atoms with Crippen LogP contribution < -0.4 is 0 Å². The molecule has 1 aromatic carbocycles. The molecule has 1 aromatic rings. The van der Waals surface area contributed by atoms with Crippen LogP contribution in [0.5, 0.6) is 0 Å². The van der Waals surface area contributed by atoms with Gasteiger partial charge in [0.1, 0.15) is 0 Å². The van der Waals surface area contributed by atoms with Gasteiger partial charge in [0.05, 0.1) is 0 Å². The summed E-state index contributed by atoms with van der Waals surface area (Å²) < 4.78 is 0.994. The third-order valence-corrected chi connectivity index (χ3v) is 2.10. The fraction of sp³-hybridized carbons (Fsp3) is 0.200. The molecule has 0 fully saturated rings. The minimum atomic E-state index is 0.164. The molecule has 2 heteroatoms. The van der Waals surface area contributed by atoms with Crippen LogP contribution >= 0.6 is 15.9 Å². The van der Waals surface area contributed by atoms with Crippen LogP contribution in [-0.4, -0.2) is 5.78 Å². The molecule has 0 N–H and O–H groups in total. The summed E-state index contributed by atoms with van der Waals surface area (Å²) in [5.41, 5.74) is 0.766. The second-order valence-electron chi connectivity index (χ2n) is 2.53. The number of halogens is 1. The monoisotopic (exact) mass is 225 g/mol. The number of rotatable bonds is 3. The van der Waals surface area contributed by atoms with Crippen molar-refractivity contribution in [1.29, 1.82) is 0 Å². The molecule has 0 saturated carbocycles. The van der Waals surface area contributed by atoms with Crippen LogP contribution in [0.1, 0.15) is 23.2 Å². The van der Waals surface area contributed by atoms with E-state index in [1.54, 1.807) is 0 Å². The van der Waals surface area contributed by atoms with Crippen LogP contribution in [0.15, 0.2) is 28.7 Å². The molecular formula is C10H10BrO. The zero-order valence-corrected chi connectivity index (χ0v) is 8.30. The van der Waals surface area contributed by atoms with E-state index in [0.29, 0.717) is 12.8 Å². The lowest BCUT2D eigenvalue weighted by Crippen LogP contribution is -1.96. The second kappa shape index (κ2) is 4.41. The van der Waals surface area contributed by atoms with Crippen molar-refractivity contribution in [2.75, 3.05) is 0 Å². The minimum Gasteiger partial charge on any atom is -0.294 e. The predicted molar refractivity (Wildman–Crippen MR) is 53.1 cm³/mol. The van der Waals surface area contributed by atoms with Gasteiger partial charge in [-0.1, -0.05) is 35.0 Å². The normalized spacial score (nSPS) is 9.83. The lowest BCUT2D eigenvalue weighted by atomic mass is 10.1. The Labute approximate surface area is 80.9 Å². The van der Waals surface area contributed by atoms with Gasteiger partial charge in [0.15, 0.2) is 5.78 Å². The van der Waals surface area contributed by atoms with E-state index in [1.165, 1.54) is 0 Å². The maximum Gasteiger partial charge on any atom is 0.162 e. The molecule has 1 radical (unpaired) electrons. The first-order chi connectivity index (χ1) is 5.74. The average Bonchev–Trinajstić information content (AvgIpc) is 2.06. The molecule has 0 spiro atoms. The molecule has 1 rings (SSSR count). The summed E-state index contributed by atoms with van der Waals surface area (Å²) in [6.07, 6.45) is 1.19. The van der Waals surface area contributed by atoms with Gasteiger partial charge in [0.2, 0.25) is 0 Å². The fourth-order valence-electron chi connectivity index (χ4n) is 0.941. The van der Waals surface area contributed by atoms with Crippen molar-refractivity contribution in [1.82, 2.24) is 0 Å². The van der Waals surface area contributed by atoms with Crippen molar-refractivity contribution in [2.24, 2.45) is 0 Å². The Morgan fingerprint density at radius 1 is 1.33 bits per heavy atom. The highest BCUT2D eigenvalue weighted by Gasteiger charge is 2.02. The second-order valence-corrected chi connectivity index (χ2v) is 3.45. The highest BCUT2D eigenvalue weighted by Crippen LogP contribution is 2.12. The van der Waals surface area contributed by atoms with Gasteiger partial charge in [-0.25, -0.2) is 0 Å². The lowest BCUT2D eigenvalue weighted by Gasteiger charge is -1.97. The molecule has 0 aliphatic carbocycles. The first kappa shape index (κ1) is 9.46. The van der Waals surface area contributed by atoms with Gasteiger partial charge in [0, 0.05) is 16.5 Å². The Bertz CT molecular complexity index is 264. The number of ketones is 1. The minimum absolute atomic E-state index is 0.164. The lowest BCUT2D eigenvalue weighted by molar-refractivity contribution is 0.0983. The third kappa shape index (κ3) is 2.45. The van der Waals surface area contributed by atoms with Gasteiger partial charge in [-0.05, 0) is 18.6 Å². The number of carbonyl (C=O) groups is 1. The zero-order valence-electron chi connectivity index (χ0n) is 6.72. The topological polar surface area (TPSA) is 17.1 Å². The zero-order chi connectivity index (χ0) is 8.97. The smallest absolute Gasteiger partial charge is 0.162 e. The van der Waals surface area contributed by atoms with Crippen molar-refractivity contribution in [3.05, 3.63) is 41.2 Å². The number of hydrogen-bond acceptors (Lipinski definition) is 1. The molecule has 0 bridgehead atoms. The summed E-state index contributed by atoms with van der Waals surface area (Å²) in [5, 5.41) is 0. The Balaban J connectivity index is 2.75. The van der Waals surface area contributed by atoms with Gasteiger partial charge < -0.3 is 0 Å². The van der Waals surface area contributed by atoms with Crippen molar-refractivity contribution in [3.63, 3.8) is 0 Å². The Kier molecular flexibility index (Phi) is 3.48. The van der Waals surface area contributed by atoms with E-state index in [2.05, 4.69) is 22.9 Å². The van der Waals surface area contributed by atoms with Crippen LogP contribution in [0.25, 0.3) is 0 Å². The summed E-state index contributed by atoms with van der Waals surface area (Å²) >= 11 is 3.31. The average molecular weight is 226 g/mol. The molecule has 0 amide bonds. The summed E-state index contributed by atoms with van der Waals surface area (Å²) in [6, 6.07) is 7.39. The van der Waals surface area contributed by atoms with Gasteiger partial charge in [-0.15, -0.1) is 0 Å². The summed E-state index contributed by atoms with van der Waals surface area (Å²) in [4.78, 5) is 11.3. The molecule has 0 aliphatic rings. The molecule has 63 valence electrons. The molecule has 0 unspecified atom stereocenters. The molecule has 0 atom stereocenters. The standard InChI is InChI=1S/C10H10BrO/c1-2-3-10(12)8-4-6-9(11)7-5-8/h4-7H,1-3H2. The van der Waals surface area contributed by atoms with Gasteiger partial charge >= 0.3 is 0 Å². The van der Waals surface area contributed by atoms with Crippen molar-refractivity contribution in [2.45, 2.75) is 12.8 Å². The van der Waals surface area contributed by atoms with Crippen LogP contribution in [0.2, 0.25) is 0 Å². The first-order valence-electron chi connectivity index (χ1n) is 3.82. The highest BCUT2D eigenvalue weighted by molar-refractivity contribution is 9.10.